The van der Waals surface area contributed by atoms with Gasteiger partial charge in [0.15, 0.2) is 0 Å². The zero-order valence-electron chi connectivity index (χ0n) is 17.4. The molecule has 1 aliphatic heterocycles. The van der Waals surface area contributed by atoms with Crippen LogP contribution in [-0.4, -0.2) is 55.1 Å². The highest BCUT2D eigenvalue weighted by molar-refractivity contribution is 7.89. The maximum absolute atomic E-state index is 12.9. The smallest absolute Gasteiger partial charge is 0.269 e. The Morgan fingerprint density at radius 3 is 2.41 bits per heavy atom. The molecule has 0 atom stereocenters. The van der Waals surface area contributed by atoms with E-state index in [2.05, 4.69) is 15.5 Å². The summed E-state index contributed by atoms with van der Waals surface area (Å²) in [6.45, 7) is 0.663. The van der Waals surface area contributed by atoms with Crippen molar-refractivity contribution >= 4 is 27.5 Å². The van der Waals surface area contributed by atoms with Crippen molar-refractivity contribution in [3.63, 3.8) is 0 Å². The molecule has 2 N–H and O–H groups in total. The number of ether oxygens (including phenoxy) is 1. The van der Waals surface area contributed by atoms with Crippen LogP contribution in [0.3, 0.4) is 0 Å². The number of hydrogen-bond acceptors (Lipinski definition) is 5. The predicted molar refractivity (Wildman–Crippen MR) is 121 cm³/mol. The van der Waals surface area contributed by atoms with E-state index >= 15 is 0 Å². The van der Waals surface area contributed by atoms with E-state index < -0.39 is 10.0 Å². The highest BCUT2D eigenvalue weighted by Crippen LogP contribution is 2.24. The third-order valence-electron chi connectivity index (χ3n) is 5.45. The number of halogens is 1. The Hall–Kier alpha value is -2.88. The largest absolute Gasteiger partial charge is 0.497 e. The maximum atomic E-state index is 12.9. The zero-order valence-corrected chi connectivity index (χ0v) is 19.0. The van der Waals surface area contributed by atoms with Gasteiger partial charge >= 0.3 is 0 Å². The summed E-state index contributed by atoms with van der Waals surface area (Å²) in [5.41, 5.74) is 1.84. The molecule has 0 bridgehead atoms. The van der Waals surface area contributed by atoms with Crippen molar-refractivity contribution in [1.82, 2.24) is 19.8 Å². The Bertz CT molecular complexity index is 1190. The van der Waals surface area contributed by atoms with Crippen molar-refractivity contribution in [2.24, 2.45) is 0 Å². The number of nitrogens with one attached hydrogen (secondary N) is 2. The van der Waals surface area contributed by atoms with Crippen molar-refractivity contribution < 1.29 is 17.9 Å². The number of carbonyl (C=O) groups is 1. The molecular weight excluding hydrogens is 452 g/mol. The first-order chi connectivity index (χ1) is 15.4. The SMILES string of the molecule is COc1ccc(S(=O)(=O)N2CCC(NC(=O)c3cc(-c4ccc(Cl)cc4)n[nH]3)CC2)cc1. The monoisotopic (exact) mass is 474 g/mol. The summed E-state index contributed by atoms with van der Waals surface area (Å²) in [4.78, 5) is 12.9. The second-order valence-corrected chi connectivity index (χ2v) is 9.88. The van der Waals surface area contributed by atoms with Gasteiger partial charge in [0.2, 0.25) is 10.0 Å². The van der Waals surface area contributed by atoms with E-state index in [1.165, 1.54) is 11.4 Å². The lowest BCUT2D eigenvalue weighted by atomic mass is 10.1. The van der Waals surface area contributed by atoms with Crippen LogP contribution in [0.1, 0.15) is 23.3 Å². The van der Waals surface area contributed by atoms with Crippen molar-refractivity contribution in [2.75, 3.05) is 20.2 Å². The molecule has 1 saturated heterocycles. The quantitative estimate of drug-likeness (QED) is 0.570. The zero-order chi connectivity index (χ0) is 22.7. The summed E-state index contributed by atoms with van der Waals surface area (Å²) in [7, 11) is -2.05. The average Bonchev–Trinajstić information content (AvgIpc) is 3.30. The molecule has 0 unspecified atom stereocenters. The Morgan fingerprint density at radius 1 is 1.12 bits per heavy atom. The van der Waals surface area contributed by atoms with Crippen molar-refractivity contribution in [3.05, 3.63) is 65.3 Å². The van der Waals surface area contributed by atoms with Gasteiger partial charge in [0, 0.05) is 29.7 Å². The molecule has 2 aromatic carbocycles. The third-order valence-corrected chi connectivity index (χ3v) is 7.61. The van der Waals surface area contributed by atoms with Crippen LogP contribution < -0.4 is 10.1 Å². The van der Waals surface area contributed by atoms with Crippen LogP contribution in [0.15, 0.2) is 59.5 Å². The number of aromatic amines is 1. The number of rotatable bonds is 6. The first-order valence-corrected chi connectivity index (χ1v) is 11.9. The average molecular weight is 475 g/mol. The lowest BCUT2D eigenvalue weighted by Crippen LogP contribution is -2.46. The van der Waals surface area contributed by atoms with Crippen LogP contribution in [0.2, 0.25) is 5.02 Å². The molecular formula is C22H23ClN4O4S. The molecule has 4 rings (SSSR count). The highest BCUT2D eigenvalue weighted by Gasteiger charge is 2.30. The number of aromatic nitrogens is 2. The van der Waals surface area contributed by atoms with Crippen LogP contribution in [0.5, 0.6) is 5.75 Å². The first-order valence-electron chi connectivity index (χ1n) is 10.1. The predicted octanol–water partition coefficient (Wildman–Crippen LogP) is 3.32. The minimum absolute atomic E-state index is 0.118. The molecule has 0 aliphatic carbocycles. The second-order valence-electron chi connectivity index (χ2n) is 7.50. The van der Waals surface area contributed by atoms with Gasteiger partial charge in [0.1, 0.15) is 11.4 Å². The van der Waals surface area contributed by atoms with E-state index in [4.69, 9.17) is 16.3 Å². The standard InChI is InChI=1S/C22H23ClN4O4S/c1-31-18-6-8-19(9-7-18)32(29,30)27-12-10-17(11-13-27)24-22(28)21-14-20(25-26-21)15-2-4-16(23)5-3-15/h2-9,14,17H,10-13H2,1H3,(H,24,28)(H,25,26). The fourth-order valence-corrected chi connectivity index (χ4v) is 5.20. The lowest BCUT2D eigenvalue weighted by molar-refractivity contribution is 0.0918. The van der Waals surface area contributed by atoms with Crippen LogP contribution in [-0.2, 0) is 10.0 Å². The Balaban J connectivity index is 1.34. The number of benzene rings is 2. The third kappa shape index (κ3) is 4.79. The summed E-state index contributed by atoms with van der Waals surface area (Å²) >= 11 is 5.91. The fraction of sp³-hybridized carbons (Fsp3) is 0.273. The molecule has 1 aliphatic rings. The molecule has 1 aromatic heterocycles. The fourth-order valence-electron chi connectivity index (χ4n) is 3.61. The van der Waals surface area contributed by atoms with Crippen LogP contribution in [0.25, 0.3) is 11.3 Å². The van der Waals surface area contributed by atoms with Crippen LogP contribution in [0.4, 0.5) is 0 Å². The molecule has 32 heavy (non-hydrogen) atoms. The van der Waals surface area contributed by atoms with E-state index in [0.717, 1.165) is 5.56 Å². The van der Waals surface area contributed by atoms with Gasteiger partial charge in [0.05, 0.1) is 17.7 Å². The van der Waals surface area contributed by atoms with E-state index in [0.29, 0.717) is 48.1 Å². The molecule has 1 fully saturated rings. The van der Waals surface area contributed by atoms with E-state index in [9.17, 15) is 13.2 Å². The van der Waals surface area contributed by atoms with Gasteiger partial charge in [-0.05, 0) is 55.3 Å². The summed E-state index contributed by atoms with van der Waals surface area (Å²) in [5, 5.41) is 10.5. The van der Waals surface area contributed by atoms with Gasteiger partial charge in [0.25, 0.3) is 5.91 Å². The molecule has 168 valence electrons. The maximum Gasteiger partial charge on any atom is 0.269 e. The van der Waals surface area contributed by atoms with Crippen LogP contribution >= 0.6 is 11.6 Å². The molecule has 2 heterocycles. The Labute approximate surface area is 191 Å². The van der Waals surface area contributed by atoms with Gasteiger partial charge in [-0.1, -0.05) is 23.7 Å². The van der Waals surface area contributed by atoms with Crippen LogP contribution in [0, 0.1) is 0 Å². The lowest BCUT2D eigenvalue weighted by Gasteiger charge is -2.31. The number of amides is 1. The van der Waals surface area contributed by atoms with Crippen molar-refractivity contribution in [2.45, 2.75) is 23.8 Å². The number of nitrogens with zero attached hydrogens (tertiary/aromatic N) is 2. The number of carbonyl (C=O) groups excluding carboxylic acids is 1. The molecule has 8 nitrogen and oxygen atoms in total. The van der Waals surface area contributed by atoms with E-state index in [-0.39, 0.29) is 16.8 Å². The topological polar surface area (TPSA) is 104 Å². The number of hydrogen-bond donors (Lipinski definition) is 2. The van der Waals surface area contributed by atoms with Gasteiger partial charge in [-0.3, -0.25) is 9.89 Å². The van der Waals surface area contributed by atoms with E-state index in [1.54, 1.807) is 42.5 Å². The summed E-state index contributed by atoms with van der Waals surface area (Å²) in [5.74, 6) is 0.331. The number of methoxy groups -OCH3 is 1. The normalized spacial score (nSPS) is 15.4. The van der Waals surface area contributed by atoms with Gasteiger partial charge < -0.3 is 10.1 Å². The van der Waals surface area contributed by atoms with Gasteiger partial charge in [-0.25, -0.2) is 8.42 Å². The van der Waals surface area contributed by atoms with Crippen molar-refractivity contribution in [3.8, 4) is 17.0 Å². The molecule has 3 aromatic rings. The van der Waals surface area contributed by atoms with Gasteiger partial charge in [-0.2, -0.15) is 9.40 Å². The summed E-state index contributed by atoms with van der Waals surface area (Å²) in [6.07, 6.45) is 1.05. The number of piperidine rings is 1. The molecule has 10 heteroatoms. The molecule has 1 amide bonds. The Kier molecular flexibility index (Phi) is 6.50. The summed E-state index contributed by atoms with van der Waals surface area (Å²) in [6, 6.07) is 15.1. The molecule has 0 radical (unpaired) electrons. The molecule has 0 saturated carbocycles. The number of H-pyrrole nitrogens is 1. The first kappa shape index (κ1) is 22.3. The minimum atomic E-state index is -3.58. The van der Waals surface area contributed by atoms with E-state index in [1.807, 2.05) is 12.1 Å². The second kappa shape index (κ2) is 9.32. The van der Waals surface area contributed by atoms with Crippen molar-refractivity contribution in [1.29, 1.82) is 0 Å². The summed E-state index contributed by atoms with van der Waals surface area (Å²) < 4.78 is 32.3. The van der Waals surface area contributed by atoms with Gasteiger partial charge in [-0.15, -0.1) is 0 Å². The number of sulfonamides is 1. The Morgan fingerprint density at radius 2 is 1.78 bits per heavy atom. The molecule has 0 spiro atoms. The minimum Gasteiger partial charge on any atom is -0.497 e. The highest BCUT2D eigenvalue weighted by atomic mass is 35.5.